The lowest BCUT2D eigenvalue weighted by atomic mass is 9.85. The van der Waals surface area contributed by atoms with Crippen LogP contribution in [0.25, 0.3) is 0 Å². The van der Waals surface area contributed by atoms with Gasteiger partial charge < -0.3 is 10.4 Å². The summed E-state index contributed by atoms with van der Waals surface area (Å²) < 4.78 is 0.677. The Labute approximate surface area is 107 Å². The number of carbonyl (C=O) groups excluding carboxylic acids is 1. The van der Waals surface area contributed by atoms with E-state index in [0.29, 0.717) is 10.2 Å². The second kappa shape index (κ2) is 4.87. The molecule has 1 saturated carbocycles. The first-order chi connectivity index (χ1) is 8.08. The number of hydrogen-bond acceptors (Lipinski definition) is 2. The van der Waals surface area contributed by atoms with Crippen molar-refractivity contribution in [1.82, 2.24) is 0 Å². The molecule has 1 aliphatic carbocycles. The van der Waals surface area contributed by atoms with Gasteiger partial charge in [-0.25, -0.2) is 4.79 Å². The van der Waals surface area contributed by atoms with Gasteiger partial charge in [-0.15, -0.1) is 0 Å². The highest BCUT2D eigenvalue weighted by atomic mass is 79.9. The number of carbonyl (C=O) groups is 2. The Morgan fingerprint density at radius 3 is 2.59 bits per heavy atom. The molecule has 1 amide bonds. The van der Waals surface area contributed by atoms with E-state index >= 15 is 0 Å². The molecule has 1 aromatic carbocycles. The van der Waals surface area contributed by atoms with Crippen molar-refractivity contribution in [2.24, 2.45) is 5.92 Å². The molecule has 17 heavy (non-hydrogen) atoms. The first-order valence-electron chi connectivity index (χ1n) is 5.41. The highest BCUT2D eigenvalue weighted by Gasteiger charge is 2.26. The molecule has 1 fully saturated rings. The molecule has 0 aliphatic heterocycles. The van der Waals surface area contributed by atoms with Crippen molar-refractivity contribution in [2.45, 2.75) is 19.3 Å². The summed E-state index contributed by atoms with van der Waals surface area (Å²) in [5, 5.41) is 11.7. The minimum atomic E-state index is -1.05. The second-order valence-corrected chi connectivity index (χ2v) is 5.03. The summed E-state index contributed by atoms with van der Waals surface area (Å²) >= 11 is 3.21. The third kappa shape index (κ3) is 2.66. The van der Waals surface area contributed by atoms with Crippen molar-refractivity contribution in [3.8, 4) is 0 Å². The smallest absolute Gasteiger partial charge is 0.337 e. The number of rotatable bonds is 3. The Hall–Kier alpha value is -1.36. The van der Waals surface area contributed by atoms with Crippen molar-refractivity contribution in [1.29, 1.82) is 0 Å². The van der Waals surface area contributed by atoms with E-state index in [4.69, 9.17) is 5.11 Å². The topological polar surface area (TPSA) is 66.4 Å². The minimum absolute atomic E-state index is 0.0419. The normalized spacial score (nSPS) is 15.1. The minimum Gasteiger partial charge on any atom is -0.478 e. The van der Waals surface area contributed by atoms with Gasteiger partial charge >= 0.3 is 5.97 Å². The SMILES string of the molecule is O=C(O)c1cc(Br)ccc1NC(=O)C1CCC1. The molecular weight excluding hydrogens is 286 g/mol. The molecule has 4 nitrogen and oxygen atoms in total. The standard InChI is InChI=1S/C12H12BrNO3/c13-8-4-5-10(9(6-8)12(16)17)14-11(15)7-2-1-3-7/h4-7H,1-3H2,(H,14,15)(H,16,17). The molecule has 1 aliphatic rings. The molecule has 0 spiro atoms. The summed E-state index contributed by atoms with van der Waals surface area (Å²) in [5.41, 5.74) is 0.463. The lowest BCUT2D eigenvalue weighted by Crippen LogP contribution is -2.28. The molecule has 2 rings (SSSR count). The summed E-state index contributed by atoms with van der Waals surface area (Å²) in [6.45, 7) is 0. The molecule has 0 heterocycles. The molecule has 0 atom stereocenters. The second-order valence-electron chi connectivity index (χ2n) is 4.11. The fraction of sp³-hybridized carbons (Fsp3) is 0.333. The molecule has 0 radical (unpaired) electrons. The van der Waals surface area contributed by atoms with Crippen LogP contribution in [0.15, 0.2) is 22.7 Å². The average Bonchev–Trinajstić information content (AvgIpc) is 2.17. The van der Waals surface area contributed by atoms with Gasteiger partial charge in [-0.1, -0.05) is 22.4 Å². The number of nitrogens with one attached hydrogen (secondary N) is 1. The summed E-state index contributed by atoms with van der Waals surface area (Å²) in [4.78, 5) is 22.8. The Bertz CT molecular complexity index is 469. The van der Waals surface area contributed by atoms with Crippen molar-refractivity contribution in [3.63, 3.8) is 0 Å². The van der Waals surface area contributed by atoms with Crippen LogP contribution in [0.5, 0.6) is 0 Å². The van der Waals surface area contributed by atoms with E-state index in [-0.39, 0.29) is 17.4 Å². The van der Waals surface area contributed by atoms with Crippen LogP contribution in [0.1, 0.15) is 29.6 Å². The quantitative estimate of drug-likeness (QED) is 0.901. The lowest BCUT2D eigenvalue weighted by molar-refractivity contribution is -0.122. The zero-order valence-electron chi connectivity index (χ0n) is 9.07. The van der Waals surface area contributed by atoms with Crippen molar-refractivity contribution >= 4 is 33.5 Å². The van der Waals surface area contributed by atoms with Crippen molar-refractivity contribution < 1.29 is 14.7 Å². The fourth-order valence-corrected chi connectivity index (χ4v) is 2.07. The molecule has 0 saturated heterocycles. The van der Waals surface area contributed by atoms with E-state index in [2.05, 4.69) is 21.2 Å². The summed E-state index contributed by atoms with van der Waals surface area (Å²) in [5.74, 6) is -1.09. The number of hydrogen-bond donors (Lipinski definition) is 2. The van der Waals surface area contributed by atoms with Crippen LogP contribution in [0.4, 0.5) is 5.69 Å². The van der Waals surface area contributed by atoms with Gasteiger partial charge in [0.1, 0.15) is 0 Å². The predicted octanol–water partition coefficient (Wildman–Crippen LogP) is 2.89. The van der Waals surface area contributed by atoms with Crippen LogP contribution < -0.4 is 5.32 Å². The first-order valence-corrected chi connectivity index (χ1v) is 6.21. The Balaban J connectivity index is 2.19. The Morgan fingerprint density at radius 1 is 1.35 bits per heavy atom. The predicted molar refractivity (Wildman–Crippen MR) is 67.1 cm³/mol. The van der Waals surface area contributed by atoms with E-state index in [1.807, 2.05) is 0 Å². The maximum atomic E-state index is 11.7. The fourth-order valence-electron chi connectivity index (χ4n) is 1.71. The van der Waals surface area contributed by atoms with Gasteiger partial charge in [0, 0.05) is 10.4 Å². The van der Waals surface area contributed by atoms with E-state index in [9.17, 15) is 9.59 Å². The van der Waals surface area contributed by atoms with E-state index in [1.54, 1.807) is 12.1 Å². The first kappa shape index (κ1) is 12.1. The third-order valence-corrected chi connectivity index (χ3v) is 3.44. The van der Waals surface area contributed by atoms with E-state index < -0.39 is 5.97 Å². The Kier molecular flexibility index (Phi) is 3.47. The van der Waals surface area contributed by atoms with E-state index in [0.717, 1.165) is 19.3 Å². The van der Waals surface area contributed by atoms with Crippen LogP contribution in [0.2, 0.25) is 0 Å². The number of halogens is 1. The van der Waals surface area contributed by atoms with Gasteiger partial charge in [0.25, 0.3) is 0 Å². The highest BCUT2D eigenvalue weighted by molar-refractivity contribution is 9.10. The monoisotopic (exact) mass is 297 g/mol. The van der Waals surface area contributed by atoms with E-state index in [1.165, 1.54) is 6.07 Å². The highest BCUT2D eigenvalue weighted by Crippen LogP contribution is 2.29. The van der Waals surface area contributed by atoms with Crippen LogP contribution >= 0.6 is 15.9 Å². The van der Waals surface area contributed by atoms with Gasteiger partial charge in [0.05, 0.1) is 11.3 Å². The summed E-state index contributed by atoms with van der Waals surface area (Å²) in [6.07, 6.45) is 2.86. The van der Waals surface area contributed by atoms with Gasteiger partial charge in [-0.3, -0.25) is 4.79 Å². The number of benzene rings is 1. The number of carboxylic acid groups (broad SMARTS) is 1. The molecule has 0 bridgehead atoms. The van der Waals surface area contributed by atoms with Gasteiger partial charge in [0.15, 0.2) is 0 Å². The van der Waals surface area contributed by atoms with Crippen LogP contribution in [-0.2, 0) is 4.79 Å². The summed E-state index contributed by atoms with van der Waals surface area (Å²) in [7, 11) is 0. The zero-order valence-corrected chi connectivity index (χ0v) is 10.7. The molecular formula is C12H12BrNO3. The molecule has 5 heteroatoms. The number of amides is 1. The van der Waals surface area contributed by atoms with Crippen molar-refractivity contribution in [2.75, 3.05) is 5.32 Å². The van der Waals surface area contributed by atoms with Crippen LogP contribution in [0.3, 0.4) is 0 Å². The van der Waals surface area contributed by atoms with Gasteiger partial charge in [-0.2, -0.15) is 0 Å². The van der Waals surface area contributed by atoms with Gasteiger partial charge in [0.2, 0.25) is 5.91 Å². The number of carboxylic acids is 1. The molecule has 0 aromatic heterocycles. The number of aromatic carboxylic acids is 1. The average molecular weight is 298 g/mol. The molecule has 1 aromatic rings. The molecule has 0 unspecified atom stereocenters. The van der Waals surface area contributed by atoms with Crippen LogP contribution in [0, 0.1) is 5.92 Å². The maximum Gasteiger partial charge on any atom is 0.337 e. The molecule has 90 valence electrons. The molecule has 2 N–H and O–H groups in total. The number of anilines is 1. The van der Waals surface area contributed by atoms with Crippen LogP contribution in [-0.4, -0.2) is 17.0 Å². The zero-order chi connectivity index (χ0) is 12.4. The largest absolute Gasteiger partial charge is 0.478 e. The van der Waals surface area contributed by atoms with Crippen molar-refractivity contribution in [3.05, 3.63) is 28.2 Å². The van der Waals surface area contributed by atoms with Gasteiger partial charge in [-0.05, 0) is 31.0 Å². The third-order valence-electron chi connectivity index (χ3n) is 2.95. The summed E-state index contributed by atoms with van der Waals surface area (Å²) in [6, 6.07) is 4.80. The Morgan fingerprint density at radius 2 is 2.06 bits per heavy atom. The lowest BCUT2D eigenvalue weighted by Gasteiger charge is -2.24. The maximum absolute atomic E-state index is 11.7.